The number of amides is 1. The number of aromatic nitrogens is 1. The molecule has 0 atom stereocenters. The highest BCUT2D eigenvalue weighted by atomic mass is 32.1. The number of anilines is 2. The van der Waals surface area contributed by atoms with E-state index in [2.05, 4.69) is 10.3 Å². The Morgan fingerprint density at radius 1 is 1.03 bits per heavy atom. The molecule has 4 rings (SSSR count). The van der Waals surface area contributed by atoms with Gasteiger partial charge in [0.05, 0.1) is 22.4 Å². The second-order valence-electron chi connectivity index (χ2n) is 7.99. The number of benzene rings is 2. The van der Waals surface area contributed by atoms with Gasteiger partial charge in [-0.3, -0.25) is 4.79 Å². The zero-order chi connectivity index (χ0) is 23.8. The van der Waals surface area contributed by atoms with Gasteiger partial charge in [0, 0.05) is 10.4 Å². The summed E-state index contributed by atoms with van der Waals surface area (Å²) in [5.74, 6) is -1.99. The van der Waals surface area contributed by atoms with Crippen LogP contribution in [0, 0.1) is 11.6 Å². The summed E-state index contributed by atoms with van der Waals surface area (Å²) in [7, 11) is 0. The number of hydrogen-bond donors (Lipinski definition) is 3. The van der Waals surface area contributed by atoms with Crippen LogP contribution in [0.25, 0.3) is 21.7 Å². The van der Waals surface area contributed by atoms with Crippen LogP contribution in [0.2, 0.25) is 0 Å². The third kappa shape index (κ3) is 4.76. The summed E-state index contributed by atoms with van der Waals surface area (Å²) in [5.41, 5.74) is 5.65. The van der Waals surface area contributed by atoms with E-state index in [0.717, 1.165) is 34.7 Å². The van der Waals surface area contributed by atoms with Crippen molar-refractivity contribution in [2.45, 2.75) is 19.4 Å². The molecule has 33 heavy (non-hydrogen) atoms. The minimum absolute atomic E-state index is 0.0901. The summed E-state index contributed by atoms with van der Waals surface area (Å²) >= 11 is 0.985. The van der Waals surface area contributed by atoms with Crippen LogP contribution in [0.15, 0.2) is 66.7 Å². The lowest BCUT2D eigenvalue weighted by molar-refractivity contribution is 0.0778. The molecule has 0 fully saturated rings. The minimum atomic E-state index is -1.41. The lowest BCUT2D eigenvalue weighted by atomic mass is 9.96. The molecule has 0 aliphatic carbocycles. The topological polar surface area (TPSA) is 88.2 Å². The fraction of sp³-hybridized carbons (Fsp3) is 0.120. The van der Waals surface area contributed by atoms with E-state index < -0.39 is 23.1 Å². The number of carbonyl (C=O) groups excluding carboxylic acids is 1. The largest absolute Gasteiger partial charge is 0.386 e. The van der Waals surface area contributed by atoms with Gasteiger partial charge in [-0.2, -0.15) is 0 Å². The molecule has 1 amide bonds. The van der Waals surface area contributed by atoms with Crippen molar-refractivity contribution in [3.8, 4) is 21.7 Å². The van der Waals surface area contributed by atoms with Gasteiger partial charge in [0.1, 0.15) is 22.5 Å². The Morgan fingerprint density at radius 2 is 1.70 bits per heavy atom. The number of nitrogens with zero attached hydrogens (tertiary/aromatic N) is 1. The number of halogens is 2. The third-order valence-electron chi connectivity index (χ3n) is 5.05. The van der Waals surface area contributed by atoms with Gasteiger partial charge in [-0.15, -0.1) is 11.3 Å². The lowest BCUT2D eigenvalue weighted by Crippen LogP contribution is -2.16. The molecular weight excluding hydrogens is 444 g/mol. The van der Waals surface area contributed by atoms with E-state index in [1.165, 1.54) is 19.9 Å². The van der Waals surface area contributed by atoms with E-state index >= 15 is 0 Å². The summed E-state index contributed by atoms with van der Waals surface area (Å²) in [6.07, 6.45) is 0. The van der Waals surface area contributed by atoms with Crippen molar-refractivity contribution in [1.29, 1.82) is 0 Å². The molecule has 0 aliphatic rings. The number of primary amides is 1. The maximum absolute atomic E-state index is 14.8. The molecule has 0 aliphatic heterocycles. The number of hydrogen-bond acceptors (Lipinski definition) is 5. The zero-order valence-corrected chi connectivity index (χ0v) is 18.7. The van der Waals surface area contributed by atoms with E-state index in [1.807, 2.05) is 42.5 Å². The van der Waals surface area contributed by atoms with Gasteiger partial charge < -0.3 is 16.2 Å². The highest BCUT2D eigenvalue weighted by Gasteiger charge is 2.24. The number of nitrogens with two attached hydrogens (primary N) is 1. The molecule has 2 heterocycles. The molecule has 4 N–H and O–H groups in total. The summed E-state index contributed by atoms with van der Waals surface area (Å²) in [4.78, 5) is 16.8. The second kappa shape index (κ2) is 8.73. The van der Waals surface area contributed by atoms with Crippen LogP contribution in [0.5, 0.6) is 0 Å². The van der Waals surface area contributed by atoms with Crippen molar-refractivity contribution in [2.24, 2.45) is 5.73 Å². The molecule has 0 saturated carbocycles. The molecule has 2 aromatic heterocycles. The van der Waals surface area contributed by atoms with E-state index in [0.29, 0.717) is 10.8 Å². The van der Waals surface area contributed by atoms with E-state index in [1.54, 1.807) is 6.07 Å². The summed E-state index contributed by atoms with van der Waals surface area (Å²) in [6, 6.07) is 18.5. The van der Waals surface area contributed by atoms with E-state index in [9.17, 15) is 18.7 Å². The maximum Gasteiger partial charge on any atom is 0.251 e. The van der Waals surface area contributed by atoms with Crippen molar-refractivity contribution in [3.63, 3.8) is 0 Å². The summed E-state index contributed by atoms with van der Waals surface area (Å²) < 4.78 is 29.7. The Kier molecular flexibility index (Phi) is 5.97. The molecular formula is C25H21F2N3O2S. The maximum atomic E-state index is 14.8. The highest BCUT2D eigenvalue weighted by Crippen LogP contribution is 2.40. The first-order valence-corrected chi connectivity index (χ1v) is 10.9. The Hall–Kier alpha value is -3.62. The number of carbonyl (C=O) groups is 1. The highest BCUT2D eigenvalue weighted by molar-refractivity contribution is 7.20. The SMILES string of the molecule is CC(C)(O)c1cc(F)c(-c2cc(C(N)=O)c(Nc3cccc(-c4ccccc4)n3)s2)c(F)c1. The first kappa shape index (κ1) is 22.6. The standard InChI is InChI=1S/C25H21F2N3O2S/c1-25(2,32)15-11-17(26)22(18(27)12-15)20-13-16(23(28)31)24(33-20)30-21-10-6-9-19(29-21)14-7-4-3-5-8-14/h3-13,32H,1-2H3,(H2,28,31)(H,29,30). The second-order valence-corrected chi connectivity index (χ2v) is 9.04. The van der Waals surface area contributed by atoms with Crippen LogP contribution in [0.1, 0.15) is 29.8 Å². The van der Waals surface area contributed by atoms with Crippen molar-refractivity contribution in [2.75, 3.05) is 5.32 Å². The van der Waals surface area contributed by atoms with Crippen LogP contribution in [-0.4, -0.2) is 16.0 Å². The molecule has 0 spiro atoms. The quantitative estimate of drug-likeness (QED) is 0.335. The molecule has 0 radical (unpaired) electrons. The Morgan fingerprint density at radius 3 is 2.30 bits per heavy atom. The first-order valence-electron chi connectivity index (χ1n) is 10.1. The van der Waals surface area contributed by atoms with Gasteiger partial charge in [0.2, 0.25) is 0 Å². The van der Waals surface area contributed by atoms with Crippen LogP contribution in [0.4, 0.5) is 19.6 Å². The molecule has 0 unspecified atom stereocenters. The Bertz CT molecular complexity index is 1310. The van der Waals surface area contributed by atoms with E-state index in [-0.39, 0.29) is 21.6 Å². The number of nitrogens with one attached hydrogen (secondary N) is 1. The third-order valence-corrected chi connectivity index (χ3v) is 6.12. The van der Waals surface area contributed by atoms with Gasteiger partial charge in [0.25, 0.3) is 5.91 Å². The average Bonchev–Trinajstić information content (AvgIpc) is 3.17. The van der Waals surface area contributed by atoms with Gasteiger partial charge in [0.15, 0.2) is 0 Å². The summed E-state index contributed by atoms with van der Waals surface area (Å²) in [5, 5.41) is 13.5. The molecule has 4 aromatic rings. The normalized spacial score (nSPS) is 11.4. The van der Waals surface area contributed by atoms with Gasteiger partial charge in [-0.05, 0) is 49.7 Å². The predicted molar refractivity (Wildman–Crippen MR) is 126 cm³/mol. The smallest absolute Gasteiger partial charge is 0.251 e. The van der Waals surface area contributed by atoms with Gasteiger partial charge >= 0.3 is 0 Å². The fourth-order valence-corrected chi connectivity index (χ4v) is 4.46. The van der Waals surface area contributed by atoms with Crippen molar-refractivity contribution < 1.29 is 18.7 Å². The Labute approximate surface area is 193 Å². The van der Waals surface area contributed by atoms with Gasteiger partial charge in [-0.25, -0.2) is 13.8 Å². The van der Waals surface area contributed by atoms with Crippen molar-refractivity contribution >= 4 is 28.1 Å². The van der Waals surface area contributed by atoms with Crippen molar-refractivity contribution in [3.05, 3.63) is 89.5 Å². The molecule has 0 bridgehead atoms. The summed E-state index contributed by atoms with van der Waals surface area (Å²) in [6.45, 7) is 2.88. The number of rotatable bonds is 6. The molecule has 5 nitrogen and oxygen atoms in total. The van der Waals surface area contributed by atoms with Crippen LogP contribution in [-0.2, 0) is 5.60 Å². The number of thiophene rings is 1. The number of aliphatic hydroxyl groups is 1. The lowest BCUT2D eigenvalue weighted by Gasteiger charge is -2.18. The monoisotopic (exact) mass is 465 g/mol. The van der Waals surface area contributed by atoms with E-state index in [4.69, 9.17) is 5.73 Å². The van der Waals surface area contributed by atoms with Crippen LogP contribution < -0.4 is 11.1 Å². The molecule has 0 saturated heterocycles. The average molecular weight is 466 g/mol. The van der Waals surface area contributed by atoms with Crippen LogP contribution >= 0.6 is 11.3 Å². The Balaban J connectivity index is 1.73. The number of pyridine rings is 1. The molecule has 168 valence electrons. The molecule has 2 aromatic carbocycles. The van der Waals surface area contributed by atoms with Crippen LogP contribution in [0.3, 0.4) is 0 Å². The first-order chi connectivity index (χ1) is 15.6. The van der Waals surface area contributed by atoms with Crippen molar-refractivity contribution in [1.82, 2.24) is 4.98 Å². The zero-order valence-electron chi connectivity index (χ0n) is 17.9. The predicted octanol–water partition coefficient (Wildman–Crippen LogP) is 5.83. The minimum Gasteiger partial charge on any atom is -0.386 e. The van der Waals surface area contributed by atoms with Gasteiger partial charge in [-0.1, -0.05) is 36.4 Å². The fourth-order valence-electron chi connectivity index (χ4n) is 3.34. The molecule has 8 heteroatoms.